The molecule has 198 valence electrons. The molecule has 3 aromatic carbocycles. The molecule has 1 heterocycles. The van der Waals surface area contributed by atoms with Crippen LogP contribution >= 0.6 is 23.1 Å². The summed E-state index contributed by atoms with van der Waals surface area (Å²) in [4.78, 5) is 43.7. The van der Waals surface area contributed by atoms with Crippen molar-refractivity contribution in [2.24, 2.45) is 0 Å². The first kappa shape index (κ1) is 27.6. The molecule has 1 unspecified atom stereocenters. The summed E-state index contributed by atoms with van der Waals surface area (Å²) in [6.07, 6.45) is 3.20. The van der Waals surface area contributed by atoms with Crippen LogP contribution in [0.4, 0.5) is 10.8 Å². The molecule has 0 aliphatic carbocycles. The van der Waals surface area contributed by atoms with Gasteiger partial charge in [0.25, 0.3) is 11.8 Å². The van der Waals surface area contributed by atoms with Gasteiger partial charge in [-0.15, -0.1) is 23.1 Å². The van der Waals surface area contributed by atoms with Crippen molar-refractivity contribution in [3.63, 3.8) is 0 Å². The van der Waals surface area contributed by atoms with E-state index in [4.69, 9.17) is 4.74 Å². The van der Waals surface area contributed by atoms with Crippen molar-refractivity contribution in [3.8, 4) is 5.75 Å². The Morgan fingerprint density at radius 3 is 2.49 bits per heavy atom. The summed E-state index contributed by atoms with van der Waals surface area (Å²) < 4.78 is 5.41. The Hall–Kier alpha value is -4.41. The van der Waals surface area contributed by atoms with Crippen LogP contribution in [-0.4, -0.2) is 35.1 Å². The average molecular weight is 559 g/mol. The monoisotopic (exact) mass is 558 g/mol. The van der Waals surface area contributed by atoms with E-state index in [-0.39, 0.29) is 11.6 Å². The van der Waals surface area contributed by atoms with Gasteiger partial charge in [0.15, 0.2) is 5.13 Å². The summed E-state index contributed by atoms with van der Waals surface area (Å²) in [6, 6.07) is 23.0. The first-order valence-electron chi connectivity index (χ1n) is 11.9. The van der Waals surface area contributed by atoms with E-state index in [1.165, 1.54) is 30.2 Å². The number of rotatable bonds is 10. The number of para-hydroxylation sites is 1. The number of thiazole rings is 1. The molecule has 0 saturated carbocycles. The van der Waals surface area contributed by atoms with Gasteiger partial charge in [-0.25, -0.2) is 4.98 Å². The Morgan fingerprint density at radius 1 is 0.974 bits per heavy atom. The van der Waals surface area contributed by atoms with Gasteiger partial charge in [-0.1, -0.05) is 42.5 Å². The number of benzene rings is 3. The van der Waals surface area contributed by atoms with E-state index >= 15 is 0 Å². The number of anilines is 2. The number of aromatic nitrogens is 1. The Labute approximate surface area is 234 Å². The molecule has 3 amide bonds. The zero-order chi connectivity index (χ0) is 27.6. The summed E-state index contributed by atoms with van der Waals surface area (Å²) in [7, 11) is 1.54. The van der Waals surface area contributed by atoms with Gasteiger partial charge in [0.05, 0.1) is 12.4 Å². The quantitative estimate of drug-likeness (QED) is 0.171. The molecule has 0 bridgehead atoms. The number of nitrogens with one attached hydrogen (secondary N) is 3. The Bertz CT molecular complexity index is 1470. The van der Waals surface area contributed by atoms with Gasteiger partial charge < -0.3 is 20.7 Å². The molecule has 1 atom stereocenters. The molecule has 0 aliphatic rings. The van der Waals surface area contributed by atoms with Crippen LogP contribution in [0.15, 0.2) is 101 Å². The molecule has 0 aliphatic heterocycles. The van der Waals surface area contributed by atoms with Crippen molar-refractivity contribution >= 4 is 57.7 Å². The molecular formula is C29H26N4O4S2. The van der Waals surface area contributed by atoms with E-state index in [2.05, 4.69) is 20.9 Å². The average Bonchev–Trinajstić information content (AvgIpc) is 3.46. The number of carbonyl (C=O) groups excluding carboxylic acids is 3. The molecule has 4 aromatic rings. The predicted molar refractivity (Wildman–Crippen MR) is 156 cm³/mol. The minimum Gasteiger partial charge on any atom is -0.496 e. The standard InChI is InChI=1S/C29H26N4O4S2/c1-19(26(34)33-29-30-15-16-38-29)39-23-13-8-12-22(18-23)31-28(36)24(17-21-11-6-7-14-25(21)37-2)32-27(35)20-9-4-3-5-10-20/h3-19H,1-2H3,(H,31,36)(H,32,35)(H,30,33,34)/b24-17+. The van der Waals surface area contributed by atoms with Gasteiger partial charge in [0.2, 0.25) is 5.91 Å². The zero-order valence-electron chi connectivity index (χ0n) is 21.2. The maximum atomic E-state index is 13.4. The number of methoxy groups -OCH3 is 1. The lowest BCUT2D eigenvalue weighted by atomic mass is 10.1. The number of hydrogen-bond acceptors (Lipinski definition) is 7. The normalized spacial score (nSPS) is 11.8. The fourth-order valence-electron chi connectivity index (χ4n) is 3.48. The SMILES string of the molecule is COc1ccccc1/C=C(/NC(=O)c1ccccc1)C(=O)Nc1cccc(SC(C)C(=O)Nc2nccs2)c1. The number of amides is 3. The highest BCUT2D eigenvalue weighted by atomic mass is 32.2. The Morgan fingerprint density at radius 2 is 1.74 bits per heavy atom. The summed E-state index contributed by atoms with van der Waals surface area (Å²) >= 11 is 2.70. The second-order valence-electron chi connectivity index (χ2n) is 8.19. The predicted octanol–water partition coefficient (Wildman–Crippen LogP) is 5.68. The summed E-state index contributed by atoms with van der Waals surface area (Å²) in [5.41, 5.74) is 1.60. The highest BCUT2D eigenvalue weighted by Gasteiger charge is 2.18. The van der Waals surface area contributed by atoms with E-state index in [1.54, 1.807) is 79.2 Å². The van der Waals surface area contributed by atoms with Gasteiger partial charge in [-0.05, 0) is 49.4 Å². The Balaban J connectivity index is 1.52. The van der Waals surface area contributed by atoms with Crippen molar-refractivity contribution in [1.29, 1.82) is 0 Å². The maximum Gasteiger partial charge on any atom is 0.272 e. The molecule has 10 heteroatoms. The number of hydrogen-bond donors (Lipinski definition) is 3. The molecule has 39 heavy (non-hydrogen) atoms. The topological polar surface area (TPSA) is 109 Å². The van der Waals surface area contributed by atoms with Crippen molar-refractivity contribution in [2.45, 2.75) is 17.1 Å². The van der Waals surface area contributed by atoms with Crippen molar-refractivity contribution in [1.82, 2.24) is 10.3 Å². The molecule has 0 radical (unpaired) electrons. The number of nitrogens with zero attached hydrogens (tertiary/aromatic N) is 1. The van der Waals surface area contributed by atoms with Crippen LogP contribution in [0.1, 0.15) is 22.8 Å². The molecular weight excluding hydrogens is 532 g/mol. The minimum atomic E-state index is -0.512. The molecule has 0 saturated heterocycles. The maximum absolute atomic E-state index is 13.4. The molecule has 0 spiro atoms. The van der Waals surface area contributed by atoms with Gasteiger partial charge in [-0.3, -0.25) is 14.4 Å². The molecule has 1 aromatic heterocycles. The smallest absolute Gasteiger partial charge is 0.272 e. The zero-order valence-corrected chi connectivity index (χ0v) is 22.8. The number of carbonyl (C=O) groups is 3. The second-order valence-corrected chi connectivity index (χ2v) is 10.5. The lowest BCUT2D eigenvalue weighted by Crippen LogP contribution is -2.30. The van der Waals surface area contributed by atoms with Gasteiger partial charge in [0, 0.05) is 33.3 Å². The first-order chi connectivity index (χ1) is 18.9. The van der Waals surface area contributed by atoms with Crippen LogP contribution in [0.5, 0.6) is 5.75 Å². The summed E-state index contributed by atoms with van der Waals surface area (Å²) in [5, 5.41) is 10.3. The van der Waals surface area contributed by atoms with Gasteiger partial charge >= 0.3 is 0 Å². The number of ether oxygens (including phenoxy) is 1. The first-order valence-corrected chi connectivity index (χ1v) is 13.7. The van der Waals surface area contributed by atoms with E-state index in [9.17, 15) is 14.4 Å². The Kier molecular flexibility index (Phi) is 9.49. The van der Waals surface area contributed by atoms with Crippen molar-refractivity contribution < 1.29 is 19.1 Å². The van der Waals surface area contributed by atoms with Crippen LogP contribution in [0.25, 0.3) is 6.08 Å². The van der Waals surface area contributed by atoms with E-state index in [0.29, 0.717) is 27.7 Å². The van der Waals surface area contributed by atoms with E-state index < -0.39 is 17.1 Å². The second kappa shape index (κ2) is 13.4. The highest BCUT2D eigenvalue weighted by molar-refractivity contribution is 8.00. The minimum absolute atomic E-state index is 0.0441. The molecule has 8 nitrogen and oxygen atoms in total. The van der Waals surface area contributed by atoms with Crippen molar-refractivity contribution in [3.05, 3.63) is 107 Å². The van der Waals surface area contributed by atoms with Gasteiger partial charge in [-0.2, -0.15) is 0 Å². The molecule has 3 N–H and O–H groups in total. The van der Waals surface area contributed by atoms with E-state index in [1.807, 2.05) is 24.3 Å². The fourth-order valence-corrected chi connectivity index (χ4v) is 4.94. The van der Waals surface area contributed by atoms with Crippen molar-refractivity contribution in [2.75, 3.05) is 17.7 Å². The van der Waals surface area contributed by atoms with Crippen LogP contribution in [0, 0.1) is 0 Å². The third-order valence-electron chi connectivity index (χ3n) is 5.40. The molecule has 4 rings (SSSR count). The third-order valence-corrected chi connectivity index (χ3v) is 7.19. The molecule has 0 fully saturated rings. The van der Waals surface area contributed by atoms with Crippen LogP contribution in [0.2, 0.25) is 0 Å². The third kappa shape index (κ3) is 7.79. The largest absolute Gasteiger partial charge is 0.496 e. The number of thioether (sulfide) groups is 1. The van der Waals surface area contributed by atoms with Crippen LogP contribution in [0.3, 0.4) is 0 Å². The van der Waals surface area contributed by atoms with Crippen LogP contribution < -0.4 is 20.7 Å². The van der Waals surface area contributed by atoms with Gasteiger partial charge in [0.1, 0.15) is 11.4 Å². The summed E-state index contributed by atoms with van der Waals surface area (Å²) in [5.74, 6) is -0.548. The fraction of sp³-hybridized carbons (Fsp3) is 0.103. The van der Waals surface area contributed by atoms with Crippen LogP contribution in [-0.2, 0) is 9.59 Å². The highest BCUT2D eigenvalue weighted by Crippen LogP contribution is 2.27. The van der Waals surface area contributed by atoms with E-state index in [0.717, 1.165) is 4.90 Å². The lowest BCUT2D eigenvalue weighted by molar-refractivity contribution is -0.115. The lowest BCUT2D eigenvalue weighted by Gasteiger charge is -2.14. The summed E-state index contributed by atoms with van der Waals surface area (Å²) in [6.45, 7) is 1.80.